The van der Waals surface area contributed by atoms with Gasteiger partial charge in [-0.15, -0.1) is 0 Å². The Morgan fingerprint density at radius 2 is 1.61 bits per heavy atom. The zero-order valence-electron chi connectivity index (χ0n) is 22.7. The maximum atomic E-state index is 13.9. The molecule has 2 heterocycles. The third kappa shape index (κ3) is 3.97. The van der Waals surface area contributed by atoms with Crippen LogP contribution in [-0.4, -0.2) is 33.8 Å². The monoisotopic (exact) mass is 521 g/mol. The molecule has 2 unspecified atom stereocenters. The molecule has 2 saturated carbocycles. The Labute approximate surface area is 222 Å². The first kappa shape index (κ1) is 25.5. The van der Waals surface area contributed by atoms with Crippen molar-refractivity contribution in [2.24, 2.45) is 23.7 Å². The quantitative estimate of drug-likeness (QED) is 0.466. The molecule has 5 atom stereocenters. The van der Waals surface area contributed by atoms with Gasteiger partial charge in [0, 0.05) is 29.3 Å². The molecule has 3 fully saturated rings. The number of hydrogen-bond acceptors (Lipinski definition) is 4. The normalized spacial score (nSPS) is 29.9. The highest BCUT2D eigenvalue weighted by atomic mass is 19.2. The Morgan fingerprint density at radius 1 is 1.03 bits per heavy atom. The van der Waals surface area contributed by atoms with Crippen LogP contribution in [0.2, 0.25) is 0 Å². The van der Waals surface area contributed by atoms with Crippen LogP contribution < -0.4 is 10.8 Å². The number of fused-ring (bicyclic) bond motifs is 2. The molecule has 3 aliphatic rings. The van der Waals surface area contributed by atoms with E-state index in [2.05, 4.69) is 17.2 Å². The predicted octanol–water partition coefficient (Wildman–Crippen LogP) is 5.26. The number of nitrogens with zero attached hydrogens (tertiary/aromatic N) is 2. The fourth-order valence-corrected chi connectivity index (χ4v) is 6.65. The van der Waals surface area contributed by atoms with E-state index in [4.69, 9.17) is 9.31 Å². The number of halogens is 2. The maximum Gasteiger partial charge on any atom is 0.494 e. The topological polar surface area (TPSA) is 65.4 Å². The van der Waals surface area contributed by atoms with Crippen molar-refractivity contribution in [3.63, 3.8) is 0 Å². The van der Waals surface area contributed by atoms with Crippen molar-refractivity contribution in [3.05, 3.63) is 54.4 Å². The molecule has 6 nitrogen and oxygen atoms in total. The number of carbonyl (C=O) groups excluding carboxylic acids is 1. The maximum absolute atomic E-state index is 13.9. The molecule has 1 amide bonds. The zero-order chi connectivity index (χ0) is 27.2. The number of carbonyl (C=O) groups is 1. The van der Waals surface area contributed by atoms with Crippen molar-refractivity contribution < 1.29 is 22.9 Å². The number of rotatable bonds is 5. The van der Waals surface area contributed by atoms with Crippen molar-refractivity contribution in [1.29, 1.82) is 0 Å². The van der Waals surface area contributed by atoms with Gasteiger partial charge in [0.1, 0.15) is 0 Å². The second-order valence-electron chi connectivity index (χ2n) is 12.7. The van der Waals surface area contributed by atoms with Gasteiger partial charge in [0.2, 0.25) is 5.91 Å². The summed E-state index contributed by atoms with van der Waals surface area (Å²) < 4.78 is 41.8. The second kappa shape index (κ2) is 8.36. The summed E-state index contributed by atoms with van der Waals surface area (Å²) in [4.78, 5) is 17.4. The minimum absolute atomic E-state index is 0.0140. The molecule has 0 spiro atoms. The lowest BCUT2D eigenvalue weighted by Crippen LogP contribution is -2.41. The third-order valence-electron chi connectivity index (χ3n) is 9.61. The van der Waals surface area contributed by atoms with E-state index in [1.54, 1.807) is 6.33 Å². The molecule has 2 aliphatic carbocycles. The van der Waals surface area contributed by atoms with Crippen LogP contribution >= 0.6 is 0 Å². The van der Waals surface area contributed by atoms with E-state index in [-0.39, 0.29) is 17.4 Å². The SMILES string of the molecule is C[C@H](C(=O)Nc1ccc(B2OC(C)(C)C(C)(C)O2)cc1)C1[C@H]2CC(C)(n3cnc4cc(F)c(F)cc43)C[C@@H]12. The Balaban J connectivity index is 1.08. The zero-order valence-corrected chi connectivity index (χ0v) is 22.7. The summed E-state index contributed by atoms with van der Waals surface area (Å²) >= 11 is 0. The van der Waals surface area contributed by atoms with Gasteiger partial charge < -0.3 is 19.2 Å². The Bertz CT molecular complexity index is 1390. The first-order chi connectivity index (χ1) is 17.8. The summed E-state index contributed by atoms with van der Waals surface area (Å²) in [7, 11) is -0.438. The molecule has 1 aliphatic heterocycles. The Hall–Kier alpha value is -2.78. The van der Waals surface area contributed by atoms with Crippen LogP contribution in [0.4, 0.5) is 14.5 Å². The Morgan fingerprint density at radius 3 is 2.21 bits per heavy atom. The largest absolute Gasteiger partial charge is 0.494 e. The molecule has 38 heavy (non-hydrogen) atoms. The van der Waals surface area contributed by atoms with Crippen LogP contribution in [0.1, 0.15) is 54.4 Å². The number of aromatic nitrogens is 2. The van der Waals surface area contributed by atoms with Gasteiger partial charge in [0.15, 0.2) is 11.6 Å². The first-order valence-electron chi connectivity index (χ1n) is 13.4. The van der Waals surface area contributed by atoms with Crippen LogP contribution in [-0.2, 0) is 19.6 Å². The third-order valence-corrected chi connectivity index (χ3v) is 9.61. The number of anilines is 1. The fourth-order valence-electron chi connectivity index (χ4n) is 6.65. The highest BCUT2D eigenvalue weighted by Crippen LogP contribution is 2.65. The van der Waals surface area contributed by atoms with Gasteiger partial charge >= 0.3 is 7.12 Å². The van der Waals surface area contributed by atoms with Gasteiger partial charge in [-0.05, 0) is 82.8 Å². The van der Waals surface area contributed by atoms with E-state index in [1.807, 2.05) is 63.5 Å². The Kier molecular flexibility index (Phi) is 5.61. The van der Waals surface area contributed by atoms with Crippen molar-refractivity contribution in [1.82, 2.24) is 9.55 Å². The number of benzene rings is 2. The minimum atomic E-state index is -0.884. The van der Waals surface area contributed by atoms with Crippen molar-refractivity contribution in [3.8, 4) is 0 Å². The van der Waals surface area contributed by atoms with Crippen LogP contribution in [0.15, 0.2) is 42.7 Å². The van der Waals surface area contributed by atoms with Gasteiger partial charge in [-0.3, -0.25) is 4.79 Å². The van der Waals surface area contributed by atoms with Gasteiger partial charge in [-0.25, -0.2) is 13.8 Å². The summed E-state index contributed by atoms with van der Waals surface area (Å²) in [6, 6.07) is 10.0. The van der Waals surface area contributed by atoms with Crippen LogP contribution in [0.25, 0.3) is 11.0 Å². The van der Waals surface area contributed by atoms with Gasteiger partial charge in [-0.1, -0.05) is 19.1 Å². The van der Waals surface area contributed by atoms with Gasteiger partial charge in [0.05, 0.1) is 28.6 Å². The summed E-state index contributed by atoms with van der Waals surface area (Å²) in [5, 5.41) is 3.07. The van der Waals surface area contributed by atoms with E-state index in [0.29, 0.717) is 28.8 Å². The highest BCUT2D eigenvalue weighted by Gasteiger charge is 2.63. The molecular formula is C29H34BF2N3O3. The summed E-state index contributed by atoms with van der Waals surface area (Å²) in [5.41, 5.74) is 1.69. The van der Waals surface area contributed by atoms with Crippen molar-refractivity contribution >= 4 is 35.2 Å². The lowest BCUT2D eigenvalue weighted by Gasteiger charge is -2.32. The van der Waals surface area contributed by atoms with E-state index < -0.39 is 30.0 Å². The molecule has 0 radical (unpaired) electrons. The van der Waals surface area contributed by atoms with Crippen LogP contribution in [0.3, 0.4) is 0 Å². The molecule has 200 valence electrons. The molecule has 9 heteroatoms. The second-order valence-corrected chi connectivity index (χ2v) is 12.7. The first-order valence-corrected chi connectivity index (χ1v) is 13.4. The number of nitrogens with one attached hydrogen (secondary N) is 1. The standard InChI is InChI=1S/C29H34BF2N3O3/c1-16(26(36)34-18-9-7-17(8-10-18)30-37-27(2,3)28(4,5)38-30)25-19-13-29(6,14-20(19)25)35-15-33-23-11-21(31)22(32)12-24(23)35/h7-12,15-16,19-20,25H,13-14H2,1-6H3,(H,34,36)/t16-,19-,20+,25?,29?/m0/s1. The highest BCUT2D eigenvalue weighted by molar-refractivity contribution is 6.62. The van der Waals surface area contributed by atoms with Crippen LogP contribution in [0.5, 0.6) is 0 Å². The molecule has 0 bridgehead atoms. The lowest BCUT2D eigenvalue weighted by molar-refractivity contribution is -0.120. The van der Waals surface area contributed by atoms with Gasteiger partial charge in [0.25, 0.3) is 0 Å². The molecule has 1 N–H and O–H groups in total. The summed E-state index contributed by atoms with van der Waals surface area (Å²) in [6.45, 7) is 12.2. The summed E-state index contributed by atoms with van der Waals surface area (Å²) in [5.74, 6) is -0.689. The molecular weight excluding hydrogens is 487 g/mol. The fraction of sp³-hybridized carbons (Fsp3) is 0.517. The minimum Gasteiger partial charge on any atom is -0.399 e. The molecule has 6 rings (SSSR count). The number of amides is 1. The van der Waals surface area contributed by atoms with Crippen molar-refractivity contribution in [2.45, 2.75) is 71.1 Å². The molecule has 1 aromatic heterocycles. The number of imidazole rings is 1. The lowest BCUT2D eigenvalue weighted by atomic mass is 9.79. The van der Waals surface area contributed by atoms with Gasteiger partial charge in [-0.2, -0.15) is 0 Å². The van der Waals surface area contributed by atoms with E-state index in [1.165, 1.54) is 6.07 Å². The average molecular weight is 521 g/mol. The van der Waals surface area contributed by atoms with Crippen LogP contribution in [0, 0.1) is 35.3 Å². The molecule has 2 aromatic carbocycles. The average Bonchev–Trinajstić information content (AvgIpc) is 3.09. The molecule has 1 saturated heterocycles. The predicted molar refractivity (Wildman–Crippen MR) is 143 cm³/mol. The van der Waals surface area contributed by atoms with E-state index in [9.17, 15) is 13.6 Å². The summed E-state index contributed by atoms with van der Waals surface area (Å²) in [6.07, 6.45) is 3.45. The smallest absolute Gasteiger partial charge is 0.399 e. The van der Waals surface area contributed by atoms with Crippen molar-refractivity contribution in [2.75, 3.05) is 5.32 Å². The van der Waals surface area contributed by atoms with E-state index in [0.717, 1.165) is 30.1 Å². The van der Waals surface area contributed by atoms with E-state index >= 15 is 0 Å². The number of hydrogen-bond donors (Lipinski definition) is 1. The molecule has 3 aromatic rings.